The van der Waals surface area contributed by atoms with Gasteiger partial charge >= 0.3 is 142 Å². The average Bonchev–Trinajstić information content (AvgIpc) is 2.74. The summed E-state index contributed by atoms with van der Waals surface area (Å²) in [4.78, 5) is 0. The summed E-state index contributed by atoms with van der Waals surface area (Å²) in [5.74, 6) is 1.19. The molecular weight excluding hydrogens is 367 g/mol. The van der Waals surface area contributed by atoms with Gasteiger partial charge in [0.25, 0.3) is 0 Å². The molecule has 0 nitrogen and oxygen atoms in total. The van der Waals surface area contributed by atoms with E-state index in [-0.39, 0.29) is 10.2 Å². The van der Waals surface area contributed by atoms with Crippen LogP contribution < -0.4 is 0 Å². The summed E-state index contributed by atoms with van der Waals surface area (Å²) < 4.78 is 1.92. The molecule has 0 amide bonds. The van der Waals surface area contributed by atoms with Gasteiger partial charge in [-0.1, -0.05) is 0 Å². The molecule has 1 unspecified atom stereocenters. The summed E-state index contributed by atoms with van der Waals surface area (Å²) in [6, 6.07) is 0. The summed E-state index contributed by atoms with van der Waals surface area (Å²) in [5.41, 5.74) is 3.47. The van der Waals surface area contributed by atoms with Gasteiger partial charge in [-0.3, -0.25) is 0 Å². The minimum absolute atomic E-state index is 0.247. The number of allylic oxidation sites excluding steroid dienone is 7. The van der Waals surface area contributed by atoms with Crippen LogP contribution in [0.2, 0.25) is 0 Å². The molecule has 2 aliphatic carbocycles. The van der Waals surface area contributed by atoms with Crippen LogP contribution in [0.1, 0.15) is 47.0 Å². The van der Waals surface area contributed by atoms with Crippen LogP contribution in [0.5, 0.6) is 0 Å². The molecule has 0 aromatic carbocycles. The van der Waals surface area contributed by atoms with E-state index in [0.29, 0.717) is 0 Å². The molecule has 2 heteroatoms. The van der Waals surface area contributed by atoms with Gasteiger partial charge in [0.1, 0.15) is 0 Å². The third kappa shape index (κ3) is 3.47. The second kappa shape index (κ2) is 6.48. The van der Waals surface area contributed by atoms with E-state index in [1.165, 1.54) is 25.0 Å². The van der Waals surface area contributed by atoms with Crippen LogP contribution >= 0.6 is 11.8 Å². The van der Waals surface area contributed by atoms with Crippen molar-refractivity contribution in [3.05, 3.63) is 45.1 Å². The van der Waals surface area contributed by atoms with Crippen molar-refractivity contribution in [2.45, 2.75) is 51.7 Å². The van der Waals surface area contributed by atoms with Crippen LogP contribution in [-0.4, -0.2) is 33.0 Å². The van der Waals surface area contributed by atoms with Crippen molar-refractivity contribution in [2.24, 2.45) is 5.41 Å². The fraction of sp³-hybridized carbons (Fsp3) is 0.556. The van der Waals surface area contributed by atoms with Crippen LogP contribution in [0.25, 0.3) is 0 Å². The number of hydrogen-bond donors (Lipinski definition) is 0. The van der Waals surface area contributed by atoms with Crippen LogP contribution in [0, 0.1) is 5.41 Å². The van der Waals surface area contributed by atoms with Gasteiger partial charge in [-0.25, -0.2) is 0 Å². The Hall–Kier alpha value is 0.109. The Labute approximate surface area is 142 Å². The van der Waals surface area contributed by atoms with Crippen molar-refractivity contribution in [3.63, 3.8) is 0 Å². The van der Waals surface area contributed by atoms with Crippen LogP contribution in [0.4, 0.5) is 0 Å². The molecule has 0 saturated carbocycles. The molecule has 0 saturated heterocycles. The Kier molecular flexibility index (Phi) is 5.34. The average molecular weight is 392 g/mol. The number of hydrogen-bond acceptors (Lipinski definition) is 1. The molecule has 2 rings (SSSR count). The molecule has 0 heterocycles. The first kappa shape index (κ1) is 16.5. The predicted molar refractivity (Wildman–Crippen MR) is 93.3 cm³/mol. The van der Waals surface area contributed by atoms with E-state index in [9.17, 15) is 0 Å². The Morgan fingerprint density at radius 3 is 2.60 bits per heavy atom. The summed E-state index contributed by atoms with van der Waals surface area (Å²) in [5, 5.41) is 0. The van der Waals surface area contributed by atoms with Gasteiger partial charge in [-0.05, 0) is 0 Å². The van der Waals surface area contributed by atoms with Crippen molar-refractivity contribution in [1.29, 1.82) is 0 Å². The molecule has 0 fully saturated rings. The Balaban J connectivity index is 2.38. The monoisotopic (exact) mass is 393 g/mol. The summed E-state index contributed by atoms with van der Waals surface area (Å²) in [6.07, 6.45) is 15.3. The zero-order valence-electron chi connectivity index (χ0n) is 13.1. The van der Waals surface area contributed by atoms with E-state index in [1.54, 1.807) is 37.3 Å². The standard InChI is InChI=1S/C18H25S.Sn/c1-5-19-18(14-15-10-6-7-11-15)13-9-8-12-16(18)17(2,3)4;/h6,8-10,12H,5,7,13-14H2,1-4H3;. The Bertz CT molecular complexity index is 488. The van der Waals surface area contributed by atoms with Gasteiger partial charge in [0, 0.05) is 0 Å². The van der Waals surface area contributed by atoms with Gasteiger partial charge in [-0.15, -0.1) is 0 Å². The molecule has 0 aliphatic heterocycles. The quantitative estimate of drug-likeness (QED) is 0.594. The number of rotatable bonds is 4. The third-order valence-corrected chi connectivity index (χ3v) is 6.94. The van der Waals surface area contributed by atoms with Gasteiger partial charge in [-0.2, -0.15) is 0 Å². The number of thioether (sulfide) groups is 1. The molecule has 20 heavy (non-hydrogen) atoms. The van der Waals surface area contributed by atoms with Crippen molar-refractivity contribution >= 4 is 34.3 Å². The first-order chi connectivity index (χ1) is 9.39. The van der Waals surface area contributed by atoms with Crippen molar-refractivity contribution < 1.29 is 0 Å². The van der Waals surface area contributed by atoms with Crippen LogP contribution in [0.15, 0.2) is 45.1 Å². The van der Waals surface area contributed by atoms with E-state index < -0.39 is 0 Å². The van der Waals surface area contributed by atoms with E-state index in [2.05, 4.69) is 69.8 Å². The first-order valence-electron chi connectivity index (χ1n) is 7.51. The van der Waals surface area contributed by atoms with Gasteiger partial charge < -0.3 is 0 Å². The molecule has 0 bridgehead atoms. The van der Waals surface area contributed by atoms with Gasteiger partial charge in [0.15, 0.2) is 0 Å². The van der Waals surface area contributed by atoms with Crippen molar-refractivity contribution in [2.75, 3.05) is 5.75 Å². The second-order valence-electron chi connectivity index (χ2n) is 6.68. The molecule has 3 radical (unpaired) electrons. The summed E-state index contributed by atoms with van der Waals surface area (Å²) >= 11 is 3.74. The fourth-order valence-electron chi connectivity index (χ4n) is 3.27. The van der Waals surface area contributed by atoms with E-state index in [4.69, 9.17) is 0 Å². The zero-order valence-corrected chi connectivity index (χ0v) is 16.8. The molecule has 2 aliphatic rings. The van der Waals surface area contributed by atoms with Crippen LogP contribution in [-0.2, 0) is 0 Å². The van der Waals surface area contributed by atoms with Crippen molar-refractivity contribution in [3.8, 4) is 0 Å². The SMILES string of the molecule is CCSC1(CC2=[C]([Sn])CC=C2)CC=CC=C1C(C)(C)C. The maximum atomic E-state index is 2.38. The second-order valence-corrected chi connectivity index (χ2v) is 10.0. The van der Waals surface area contributed by atoms with E-state index in [1.807, 2.05) is 0 Å². The van der Waals surface area contributed by atoms with Crippen LogP contribution in [0.3, 0.4) is 0 Å². The topological polar surface area (TPSA) is 0 Å². The summed E-state index contributed by atoms with van der Waals surface area (Å²) in [6.45, 7) is 9.38. The van der Waals surface area contributed by atoms with E-state index in [0.717, 1.165) is 0 Å². The molecule has 1 atom stereocenters. The van der Waals surface area contributed by atoms with Gasteiger partial charge in [0.2, 0.25) is 0 Å². The van der Waals surface area contributed by atoms with Crippen molar-refractivity contribution in [1.82, 2.24) is 0 Å². The molecule has 0 aromatic heterocycles. The first-order valence-corrected chi connectivity index (χ1v) is 9.92. The molecule has 107 valence electrons. The maximum absolute atomic E-state index is 2.38. The predicted octanol–water partition coefficient (Wildman–Crippen LogP) is 5.18. The normalized spacial score (nSPS) is 26.4. The van der Waals surface area contributed by atoms with Gasteiger partial charge in [0.05, 0.1) is 0 Å². The third-order valence-electron chi connectivity index (χ3n) is 4.07. The summed E-state index contributed by atoms with van der Waals surface area (Å²) in [7, 11) is 0. The molecule has 0 N–H and O–H groups in total. The molecular formula is C18H25SSn. The molecule has 0 spiro atoms. The zero-order chi connectivity index (χ0) is 14.8. The Morgan fingerprint density at radius 1 is 1.30 bits per heavy atom. The fourth-order valence-corrected chi connectivity index (χ4v) is 5.65. The van der Waals surface area contributed by atoms with E-state index >= 15 is 0 Å². The minimum atomic E-state index is 0.247. The Morgan fingerprint density at radius 2 is 2.05 bits per heavy atom. The molecule has 0 aromatic rings.